The minimum Gasteiger partial charge on any atom is -0.396 e. The number of anilines is 1. The Balaban J connectivity index is 2.02. The molecule has 1 aliphatic rings. The smallest absolute Gasteiger partial charge is 0.271 e. The lowest BCUT2D eigenvalue weighted by atomic mass is 9.82. The molecule has 0 bridgehead atoms. The van der Waals surface area contributed by atoms with Gasteiger partial charge in [-0.15, -0.1) is 0 Å². The second-order valence-corrected chi connectivity index (χ2v) is 4.32. The number of aryl methyl sites for hydroxylation is 1. The van der Waals surface area contributed by atoms with Crippen LogP contribution in [0.25, 0.3) is 0 Å². The summed E-state index contributed by atoms with van der Waals surface area (Å²) in [5.41, 5.74) is 6.55. The number of nitrogens with zero attached hydrogens (tertiary/aromatic N) is 2. The zero-order valence-corrected chi connectivity index (χ0v) is 9.03. The van der Waals surface area contributed by atoms with Crippen LogP contribution in [0.15, 0.2) is 6.20 Å². The van der Waals surface area contributed by atoms with E-state index < -0.39 is 0 Å². The molecule has 0 aliphatic heterocycles. The molecule has 0 aromatic carbocycles. The Bertz CT molecular complexity index is 359. The van der Waals surface area contributed by atoms with Crippen molar-refractivity contribution in [3.63, 3.8) is 0 Å². The summed E-state index contributed by atoms with van der Waals surface area (Å²) in [5.74, 6) is 0.601. The van der Waals surface area contributed by atoms with Crippen LogP contribution in [-0.4, -0.2) is 21.7 Å². The van der Waals surface area contributed by atoms with Gasteiger partial charge in [0.1, 0.15) is 5.69 Å². The van der Waals surface area contributed by atoms with Crippen molar-refractivity contribution in [3.8, 4) is 0 Å². The predicted molar refractivity (Wildman–Crippen MR) is 57.3 cm³/mol. The van der Waals surface area contributed by atoms with Crippen LogP contribution in [0.2, 0.25) is 0 Å². The topological polar surface area (TPSA) is 72.9 Å². The molecule has 15 heavy (non-hydrogen) atoms. The van der Waals surface area contributed by atoms with Gasteiger partial charge in [-0.1, -0.05) is 6.92 Å². The zero-order chi connectivity index (χ0) is 11.0. The lowest BCUT2D eigenvalue weighted by Gasteiger charge is -2.33. The Morgan fingerprint density at radius 2 is 2.33 bits per heavy atom. The first-order valence-corrected chi connectivity index (χ1v) is 5.16. The second-order valence-electron chi connectivity index (χ2n) is 4.32. The normalized spacial score (nSPS) is 24.7. The van der Waals surface area contributed by atoms with E-state index in [4.69, 9.17) is 5.73 Å². The number of amides is 1. The van der Waals surface area contributed by atoms with E-state index in [1.807, 2.05) is 0 Å². The monoisotopic (exact) mass is 208 g/mol. The van der Waals surface area contributed by atoms with Gasteiger partial charge in [0.25, 0.3) is 5.91 Å². The largest absolute Gasteiger partial charge is 0.396 e. The van der Waals surface area contributed by atoms with Crippen molar-refractivity contribution in [2.75, 3.05) is 5.73 Å². The lowest BCUT2D eigenvalue weighted by Crippen LogP contribution is -2.44. The van der Waals surface area contributed by atoms with Crippen LogP contribution in [0, 0.1) is 5.92 Å². The first-order valence-electron chi connectivity index (χ1n) is 5.16. The molecule has 1 fully saturated rings. The van der Waals surface area contributed by atoms with Crippen molar-refractivity contribution in [1.82, 2.24) is 15.1 Å². The van der Waals surface area contributed by atoms with Gasteiger partial charge in [0, 0.05) is 13.1 Å². The van der Waals surface area contributed by atoms with Gasteiger partial charge in [0.05, 0.1) is 11.9 Å². The van der Waals surface area contributed by atoms with E-state index >= 15 is 0 Å². The molecule has 1 aliphatic carbocycles. The van der Waals surface area contributed by atoms with E-state index in [1.165, 1.54) is 10.9 Å². The van der Waals surface area contributed by atoms with Gasteiger partial charge in [-0.05, 0) is 18.8 Å². The van der Waals surface area contributed by atoms with Gasteiger partial charge in [0.15, 0.2) is 0 Å². The molecule has 1 heterocycles. The second kappa shape index (κ2) is 3.56. The minimum absolute atomic E-state index is 0.121. The predicted octanol–water partition coefficient (Wildman–Crippen LogP) is 0.531. The summed E-state index contributed by atoms with van der Waals surface area (Å²) in [5, 5.41) is 6.89. The molecular weight excluding hydrogens is 192 g/mol. The third-order valence-corrected chi connectivity index (χ3v) is 2.89. The number of rotatable bonds is 2. The lowest BCUT2D eigenvalue weighted by molar-refractivity contribution is 0.0887. The van der Waals surface area contributed by atoms with Crippen molar-refractivity contribution in [1.29, 1.82) is 0 Å². The first-order chi connectivity index (χ1) is 7.08. The summed E-state index contributed by atoms with van der Waals surface area (Å²) >= 11 is 0. The van der Waals surface area contributed by atoms with Crippen molar-refractivity contribution in [2.45, 2.75) is 25.8 Å². The van der Waals surface area contributed by atoms with E-state index in [1.54, 1.807) is 7.05 Å². The summed E-state index contributed by atoms with van der Waals surface area (Å²) in [6, 6.07) is 0.307. The Morgan fingerprint density at radius 1 is 1.67 bits per heavy atom. The molecule has 1 aromatic rings. The van der Waals surface area contributed by atoms with Crippen molar-refractivity contribution < 1.29 is 4.79 Å². The van der Waals surface area contributed by atoms with Crippen LogP contribution in [0.4, 0.5) is 5.69 Å². The van der Waals surface area contributed by atoms with E-state index in [2.05, 4.69) is 17.3 Å². The fourth-order valence-corrected chi connectivity index (χ4v) is 2.01. The molecule has 0 unspecified atom stereocenters. The molecule has 3 N–H and O–H groups in total. The minimum atomic E-state index is -0.121. The third kappa shape index (κ3) is 1.82. The standard InChI is InChI=1S/C10H16N4O/c1-6-3-7(4-6)13-10(15)9-8(11)5-12-14(9)2/h5-7H,3-4,11H2,1-2H3,(H,13,15). The quantitative estimate of drug-likeness (QED) is 0.744. The molecule has 0 atom stereocenters. The Hall–Kier alpha value is -1.52. The average Bonchev–Trinajstić information content (AvgIpc) is 2.43. The Kier molecular flexibility index (Phi) is 2.38. The number of nitrogens with two attached hydrogens (primary N) is 1. The maximum atomic E-state index is 11.8. The van der Waals surface area contributed by atoms with Gasteiger partial charge in [-0.3, -0.25) is 9.48 Å². The summed E-state index contributed by atoms with van der Waals surface area (Å²) in [4.78, 5) is 11.8. The molecular formula is C10H16N4O. The summed E-state index contributed by atoms with van der Waals surface area (Å²) in [6.07, 6.45) is 3.62. The van der Waals surface area contributed by atoms with Gasteiger partial charge in [-0.25, -0.2) is 0 Å². The molecule has 2 rings (SSSR count). The van der Waals surface area contributed by atoms with E-state index in [0.29, 0.717) is 17.4 Å². The zero-order valence-electron chi connectivity index (χ0n) is 9.03. The fourth-order valence-electron chi connectivity index (χ4n) is 2.01. The number of carbonyl (C=O) groups excluding carboxylic acids is 1. The van der Waals surface area contributed by atoms with Gasteiger partial charge in [0.2, 0.25) is 0 Å². The maximum Gasteiger partial charge on any atom is 0.271 e. The summed E-state index contributed by atoms with van der Waals surface area (Å²) < 4.78 is 1.51. The molecule has 5 heteroatoms. The van der Waals surface area contributed by atoms with Gasteiger partial charge in [-0.2, -0.15) is 5.10 Å². The highest BCUT2D eigenvalue weighted by molar-refractivity contribution is 5.97. The number of carbonyl (C=O) groups is 1. The van der Waals surface area contributed by atoms with Gasteiger partial charge < -0.3 is 11.1 Å². The average molecular weight is 208 g/mol. The highest BCUT2D eigenvalue weighted by Crippen LogP contribution is 2.26. The first kappa shape index (κ1) is 10.0. The SMILES string of the molecule is CC1CC(NC(=O)c2c(N)cnn2C)C1. The van der Waals surface area contributed by atoms with Crippen LogP contribution in [-0.2, 0) is 7.05 Å². The summed E-state index contributed by atoms with van der Waals surface area (Å²) in [6.45, 7) is 2.18. The van der Waals surface area contributed by atoms with E-state index in [9.17, 15) is 4.79 Å². The molecule has 5 nitrogen and oxygen atoms in total. The number of aromatic nitrogens is 2. The number of nitrogens with one attached hydrogen (secondary N) is 1. The van der Waals surface area contributed by atoms with E-state index in [0.717, 1.165) is 18.8 Å². The molecule has 0 radical (unpaired) electrons. The molecule has 1 aromatic heterocycles. The van der Waals surface area contributed by atoms with Crippen LogP contribution in [0.1, 0.15) is 30.3 Å². The van der Waals surface area contributed by atoms with E-state index in [-0.39, 0.29) is 5.91 Å². The number of nitrogen functional groups attached to an aromatic ring is 1. The Morgan fingerprint density at radius 3 is 2.80 bits per heavy atom. The van der Waals surface area contributed by atoms with Crippen LogP contribution in [0.3, 0.4) is 0 Å². The highest BCUT2D eigenvalue weighted by atomic mass is 16.2. The molecule has 1 amide bonds. The number of hydrogen-bond acceptors (Lipinski definition) is 3. The molecule has 0 spiro atoms. The number of hydrogen-bond donors (Lipinski definition) is 2. The van der Waals surface area contributed by atoms with Crippen molar-refractivity contribution in [3.05, 3.63) is 11.9 Å². The van der Waals surface area contributed by atoms with Crippen molar-refractivity contribution in [2.24, 2.45) is 13.0 Å². The highest BCUT2D eigenvalue weighted by Gasteiger charge is 2.28. The maximum absolute atomic E-state index is 11.8. The summed E-state index contributed by atoms with van der Waals surface area (Å²) in [7, 11) is 1.72. The molecule has 82 valence electrons. The van der Waals surface area contributed by atoms with Crippen LogP contribution in [0.5, 0.6) is 0 Å². The fraction of sp³-hybridized carbons (Fsp3) is 0.600. The molecule has 1 saturated carbocycles. The van der Waals surface area contributed by atoms with Crippen molar-refractivity contribution >= 4 is 11.6 Å². The van der Waals surface area contributed by atoms with Gasteiger partial charge >= 0.3 is 0 Å². The van der Waals surface area contributed by atoms with Crippen LogP contribution < -0.4 is 11.1 Å². The third-order valence-electron chi connectivity index (χ3n) is 2.89. The Labute approximate surface area is 88.6 Å². The molecule has 0 saturated heterocycles. The van der Waals surface area contributed by atoms with Crippen LogP contribution >= 0.6 is 0 Å².